The molecule has 0 atom stereocenters. The van der Waals surface area contributed by atoms with E-state index in [-0.39, 0.29) is 0 Å². The van der Waals surface area contributed by atoms with E-state index in [1.807, 2.05) is 0 Å². The largest absolute Gasteiger partial charge is 0.319 e. The van der Waals surface area contributed by atoms with Gasteiger partial charge in [0.25, 0.3) is 0 Å². The van der Waals surface area contributed by atoms with Crippen LogP contribution >= 0.6 is 0 Å². The third-order valence-corrected chi connectivity index (χ3v) is 4.13. The molecule has 0 amide bonds. The highest BCUT2D eigenvalue weighted by molar-refractivity contribution is 5.26. The predicted octanol–water partition coefficient (Wildman–Crippen LogP) is 3.35. The average Bonchev–Trinajstić information content (AvgIpc) is 2.34. The van der Waals surface area contributed by atoms with Crippen molar-refractivity contribution in [3.8, 4) is 0 Å². The fourth-order valence-corrected chi connectivity index (χ4v) is 3.01. The fraction of sp³-hybridized carbons (Fsp3) is 0.600. The van der Waals surface area contributed by atoms with Crippen LogP contribution in [0.25, 0.3) is 0 Å². The SMILES string of the molecule is CNCC1(c2ccccc2)CCC(C)CC1. The highest BCUT2D eigenvalue weighted by atomic mass is 14.8. The number of rotatable bonds is 3. The minimum absolute atomic E-state index is 0.391. The first kappa shape index (κ1) is 11.7. The maximum Gasteiger partial charge on any atom is 0.00778 e. The molecule has 88 valence electrons. The van der Waals surface area contributed by atoms with Gasteiger partial charge in [-0.3, -0.25) is 0 Å². The summed E-state index contributed by atoms with van der Waals surface area (Å²) in [5, 5.41) is 3.39. The Labute approximate surface area is 99.3 Å². The number of hydrogen-bond acceptors (Lipinski definition) is 1. The van der Waals surface area contributed by atoms with E-state index in [2.05, 4.69) is 49.6 Å². The molecule has 0 aliphatic heterocycles. The molecule has 1 saturated carbocycles. The zero-order valence-electron chi connectivity index (χ0n) is 10.5. The molecule has 1 aromatic carbocycles. The van der Waals surface area contributed by atoms with Gasteiger partial charge in [-0.05, 0) is 44.2 Å². The van der Waals surface area contributed by atoms with Gasteiger partial charge in [0.1, 0.15) is 0 Å². The van der Waals surface area contributed by atoms with E-state index in [1.165, 1.54) is 31.2 Å². The molecule has 0 radical (unpaired) electrons. The van der Waals surface area contributed by atoms with Gasteiger partial charge < -0.3 is 5.32 Å². The lowest BCUT2D eigenvalue weighted by atomic mass is 9.67. The summed E-state index contributed by atoms with van der Waals surface area (Å²) < 4.78 is 0. The molecule has 0 saturated heterocycles. The Balaban J connectivity index is 2.22. The summed E-state index contributed by atoms with van der Waals surface area (Å²) in [5.74, 6) is 0.911. The Morgan fingerprint density at radius 3 is 2.38 bits per heavy atom. The molecule has 0 heterocycles. The second kappa shape index (κ2) is 5.01. The highest BCUT2D eigenvalue weighted by Crippen LogP contribution is 2.40. The van der Waals surface area contributed by atoms with E-state index in [9.17, 15) is 0 Å². The Kier molecular flexibility index (Phi) is 3.65. The summed E-state index contributed by atoms with van der Waals surface area (Å²) in [7, 11) is 2.07. The molecule has 1 fully saturated rings. The zero-order valence-corrected chi connectivity index (χ0v) is 10.5. The van der Waals surface area contributed by atoms with Crippen LogP contribution in [-0.2, 0) is 5.41 Å². The normalized spacial score (nSPS) is 30.2. The molecule has 0 spiro atoms. The van der Waals surface area contributed by atoms with Crippen LogP contribution in [0.4, 0.5) is 0 Å². The van der Waals surface area contributed by atoms with E-state index >= 15 is 0 Å². The molecule has 1 N–H and O–H groups in total. The van der Waals surface area contributed by atoms with E-state index < -0.39 is 0 Å². The van der Waals surface area contributed by atoms with Crippen LogP contribution in [0.15, 0.2) is 30.3 Å². The van der Waals surface area contributed by atoms with Gasteiger partial charge >= 0.3 is 0 Å². The maximum atomic E-state index is 3.39. The molecule has 1 aromatic rings. The molecule has 2 rings (SSSR count). The second-order valence-corrected chi connectivity index (χ2v) is 5.36. The monoisotopic (exact) mass is 217 g/mol. The van der Waals surface area contributed by atoms with Gasteiger partial charge in [0, 0.05) is 12.0 Å². The smallest absolute Gasteiger partial charge is 0.00778 e. The van der Waals surface area contributed by atoms with Crippen LogP contribution in [-0.4, -0.2) is 13.6 Å². The van der Waals surface area contributed by atoms with Gasteiger partial charge in [-0.15, -0.1) is 0 Å². The lowest BCUT2D eigenvalue weighted by Gasteiger charge is -2.40. The van der Waals surface area contributed by atoms with Gasteiger partial charge in [0.15, 0.2) is 0 Å². The Morgan fingerprint density at radius 2 is 1.81 bits per heavy atom. The molecular formula is C15H23N. The summed E-state index contributed by atoms with van der Waals surface area (Å²) in [6.45, 7) is 3.50. The van der Waals surface area contributed by atoms with Crippen molar-refractivity contribution in [3.63, 3.8) is 0 Å². The highest BCUT2D eigenvalue weighted by Gasteiger charge is 2.34. The van der Waals surface area contributed by atoms with Crippen LogP contribution in [0.5, 0.6) is 0 Å². The summed E-state index contributed by atoms with van der Waals surface area (Å²) >= 11 is 0. The summed E-state index contributed by atoms with van der Waals surface area (Å²) in [6, 6.07) is 11.1. The van der Waals surface area contributed by atoms with Crippen molar-refractivity contribution in [3.05, 3.63) is 35.9 Å². The fourth-order valence-electron chi connectivity index (χ4n) is 3.01. The quantitative estimate of drug-likeness (QED) is 0.818. The zero-order chi connectivity index (χ0) is 11.4. The Bertz CT molecular complexity index is 309. The van der Waals surface area contributed by atoms with Crippen molar-refractivity contribution in [1.29, 1.82) is 0 Å². The Morgan fingerprint density at radius 1 is 1.19 bits per heavy atom. The molecule has 0 unspecified atom stereocenters. The van der Waals surface area contributed by atoms with Crippen LogP contribution < -0.4 is 5.32 Å². The molecule has 0 aromatic heterocycles. The summed E-state index contributed by atoms with van der Waals surface area (Å²) in [5.41, 5.74) is 1.92. The summed E-state index contributed by atoms with van der Waals surface area (Å²) in [4.78, 5) is 0. The first-order valence-electron chi connectivity index (χ1n) is 6.47. The lowest BCUT2D eigenvalue weighted by Crippen LogP contribution is -2.39. The van der Waals surface area contributed by atoms with Crippen LogP contribution in [0, 0.1) is 5.92 Å². The van der Waals surface area contributed by atoms with Gasteiger partial charge in [-0.1, -0.05) is 37.3 Å². The van der Waals surface area contributed by atoms with E-state index in [0.29, 0.717) is 5.41 Å². The predicted molar refractivity (Wildman–Crippen MR) is 69.7 cm³/mol. The lowest BCUT2D eigenvalue weighted by molar-refractivity contribution is 0.237. The maximum absolute atomic E-state index is 3.39. The third-order valence-electron chi connectivity index (χ3n) is 4.13. The molecule has 0 bridgehead atoms. The van der Waals surface area contributed by atoms with Gasteiger partial charge in [0.2, 0.25) is 0 Å². The van der Waals surface area contributed by atoms with Crippen molar-refractivity contribution in [2.75, 3.05) is 13.6 Å². The van der Waals surface area contributed by atoms with Crippen molar-refractivity contribution in [1.82, 2.24) is 5.32 Å². The van der Waals surface area contributed by atoms with Gasteiger partial charge in [-0.2, -0.15) is 0 Å². The standard InChI is InChI=1S/C15H23N/c1-13-8-10-15(11-9-13,12-16-2)14-6-4-3-5-7-14/h3-7,13,16H,8-12H2,1-2H3. The molecule has 1 aliphatic carbocycles. The minimum atomic E-state index is 0.391. The van der Waals surface area contributed by atoms with Crippen molar-refractivity contribution >= 4 is 0 Å². The second-order valence-electron chi connectivity index (χ2n) is 5.36. The van der Waals surface area contributed by atoms with E-state index in [4.69, 9.17) is 0 Å². The van der Waals surface area contributed by atoms with Crippen LogP contribution in [0.3, 0.4) is 0 Å². The first-order chi connectivity index (χ1) is 7.77. The number of likely N-dealkylation sites (N-methyl/N-ethyl adjacent to an activating group) is 1. The van der Waals surface area contributed by atoms with Crippen LogP contribution in [0.1, 0.15) is 38.2 Å². The molecular weight excluding hydrogens is 194 g/mol. The van der Waals surface area contributed by atoms with Crippen molar-refractivity contribution < 1.29 is 0 Å². The number of benzene rings is 1. The topological polar surface area (TPSA) is 12.0 Å². The van der Waals surface area contributed by atoms with E-state index in [0.717, 1.165) is 12.5 Å². The van der Waals surface area contributed by atoms with Crippen molar-refractivity contribution in [2.24, 2.45) is 5.92 Å². The van der Waals surface area contributed by atoms with Gasteiger partial charge in [-0.25, -0.2) is 0 Å². The number of hydrogen-bond donors (Lipinski definition) is 1. The molecule has 1 aliphatic rings. The number of nitrogens with one attached hydrogen (secondary N) is 1. The third kappa shape index (κ3) is 2.30. The minimum Gasteiger partial charge on any atom is -0.319 e. The Hall–Kier alpha value is -0.820. The van der Waals surface area contributed by atoms with Crippen LogP contribution in [0.2, 0.25) is 0 Å². The molecule has 1 nitrogen and oxygen atoms in total. The van der Waals surface area contributed by atoms with E-state index in [1.54, 1.807) is 0 Å². The summed E-state index contributed by atoms with van der Waals surface area (Å²) in [6.07, 6.45) is 5.41. The molecule has 1 heteroatoms. The van der Waals surface area contributed by atoms with Crippen molar-refractivity contribution in [2.45, 2.75) is 38.0 Å². The average molecular weight is 217 g/mol. The first-order valence-corrected chi connectivity index (χ1v) is 6.47. The van der Waals surface area contributed by atoms with Gasteiger partial charge in [0.05, 0.1) is 0 Å². The molecule has 16 heavy (non-hydrogen) atoms.